The van der Waals surface area contributed by atoms with E-state index in [4.69, 9.17) is 4.74 Å². The van der Waals surface area contributed by atoms with Crippen LogP contribution >= 0.6 is 0 Å². The van der Waals surface area contributed by atoms with Crippen LogP contribution in [0, 0.1) is 0 Å². The van der Waals surface area contributed by atoms with E-state index in [0.717, 1.165) is 32.5 Å². The molecule has 1 unspecified atom stereocenters. The molecular weight excluding hydrogens is 186 g/mol. The van der Waals surface area contributed by atoms with Crippen molar-refractivity contribution in [3.05, 3.63) is 35.4 Å². The van der Waals surface area contributed by atoms with Crippen LogP contribution in [0.15, 0.2) is 24.3 Å². The minimum atomic E-state index is 0.353. The van der Waals surface area contributed by atoms with Crippen LogP contribution in [0.4, 0.5) is 0 Å². The zero-order valence-electron chi connectivity index (χ0n) is 9.33. The lowest BCUT2D eigenvalue weighted by molar-refractivity contribution is 0.0292. The van der Waals surface area contributed by atoms with Gasteiger partial charge < -0.3 is 10.1 Å². The second-order valence-corrected chi connectivity index (χ2v) is 4.07. The van der Waals surface area contributed by atoms with Crippen molar-refractivity contribution in [2.24, 2.45) is 0 Å². The molecule has 0 amide bonds. The van der Waals surface area contributed by atoms with Crippen LogP contribution in [0.3, 0.4) is 0 Å². The molecule has 0 bridgehead atoms. The highest BCUT2D eigenvalue weighted by atomic mass is 16.5. The number of rotatable bonds is 3. The van der Waals surface area contributed by atoms with Gasteiger partial charge in [-0.3, -0.25) is 0 Å². The standard InChI is InChI=1S/C13H19NO/c1-2-11-4-3-5-12(8-11)9-13-10-14-6-7-15-13/h3-5,8,13-14H,2,6-7,9-10H2,1H3. The van der Waals surface area contributed by atoms with Gasteiger partial charge in [0.05, 0.1) is 12.7 Å². The molecule has 1 atom stereocenters. The first-order valence-corrected chi connectivity index (χ1v) is 5.78. The molecule has 1 aliphatic rings. The molecule has 0 radical (unpaired) electrons. The number of nitrogens with one attached hydrogen (secondary N) is 1. The Bertz CT molecular complexity index is 305. The third kappa shape index (κ3) is 3.05. The molecule has 0 aliphatic carbocycles. The van der Waals surface area contributed by atoms with Gasteiger partial charge in [-0.25, -0.2) is 0 Å². The van der Waals surface area contributed by atoms with Crippen LogP contribution in [-0.2, 0) is 17.6 Å². The molecule has 0 saturated carbocycles. The van der Waals surface area contributed by atoms with Gasteiger partial charge in [-0.15, -0.1) is 0 Å². The quantitative estimate of drug-likeness (QED) is 0.812. The summed E-state index contributed by atoms with van der Waals surface area (Å²) in [6, 6.07) is 8.81. The van der Waals surface area contributed by atoms with Gasteiger partial charge in [0.25, 0.3) is 0 Å². The first kappa shape index (κ1) is 10.7. The molecule has 0 aromatic heterocycles. The molecule has 1 aliphatic heterocycles. The summed E-state index contributed by atoms with van der Waals surface area (Å²) in [5.41, 5.74) is 2.80. The van der Waals surface area contributed by atoms with E-state index in [1.54, 1.807) is 0 Å². The topological polar surface area (TPSA) is 21.3 Å². The molecule has 1 aromatic carbocycles. The van der Waals surface area contributed by atoms with Gasteiger partial charge in [0.2, 0.25) is 0 Å². The zero-order chi connectivity index (χ0) is 10.5. The maximum absolute atomic E-state index is 5.69. The molecule has 82 valence electrons. The molecule has 2 nitrogen and oxygen atoms in total. The number of hydrogen-bond acceptors (Lipinski definition) is 2. The number of aryl methyl sites for hydroxylation is 1. The van der Waals surface area contributed by atoms with Crippen LogP contribution in [-0.4, -0.2) is 25.8 Å². The SMILES string of the molecule is CCc1cccc(CC2CNCCO2)c1. The van der Waals surface area contributed by atoms with E-state index in [2.05, 4.69) is 36.5 Å². The normalized spacial score (nSPS) is 21.5. The summed E-state index contributed by atoms with van der Waals surface area (Å²) >= 11 is 0. The van der Waals surface area contributed by atoms with Crippen molar-refractivity contribution in [3.63, 3.8) is 0 Å². The van der Waals surface area contributed by atoms with E-state index >= 15 is 0 Å². The number of benzene rings is 1. The summed E-state index contributed by atoms with van der Waals surface area (Å²) in [7, 11) is 0. The third-order valence-electron chi connectivity index (χ3n) is 2.87. The molecule has 2 rings (SSSR count). The van der Waals surface area contributed by atoms with Crippen LogP contribution < -0.4 is 5.32 Å². The van der Waals surface area contributed by atoms with Crippen molar-refractivity contribution >= 4 is 0 Å². The highest BCUT2D eigenvalue weighted by Gasteiger charge is 2.13. The highest BCUT2D eigenvalue weighted by Crippen LogP contribution is 2.10. The van der Waals surface area contributed by atoms with Crippen LogP contribution in [0.1, 0.15) is 18.1 Å². The predicted octanol–water partition coefficient (Wildman–Crippen LogP) is 1.78. The zero-order valence-corrected chi connectivity index (χ0v) is 9.33. The van der Waals surface area contributed by atoms with Gasteiger partial charge >= 0.3 is 0 Å². The fourth-order valence-electron chi connectivity index (χ4n) is 1.99. The van der Waals surface area contributed by atoms with Gasteiger partial charge in [-0.05, 0) is 24.0 Å². The molecule has 1 aromatic rings. The lowest BCUT2D eigenvalue weighted by Gasteiger charge is -2.23. The van der Waals surface area contributed by atoms with Crippen molar-refractivity contribution in [1.29, 1.82) is 0 Å². The Morgan fingerprint density at radius 3 is 3.00 bits per heavy atom. The maximum atomic E-state index is 5.69. The van der Waals surface area contributed by atoms with E-state index in [1.165, 1.54) is 11.1 Å². The minimum absolute atomic E-state index is 0.353. The van der Waals surface area contributed by atoms with E-state index in [1.807, 2.05) is 0 Å². The first-order valence-electron chi connectivity index (χ1n) is 5.78. The van der Waals surface area contributed by atoms with Gasteiger partial charge in [-0.1, -0.05) is 31.2 Å². The van der Waals surface area contributed by atoms with Crippen molar-refractivity contribution in [1.82, 2.24) is 5.32 Å². The summed E-state index contributed by atoms with van der Waals surface area (Å²) in [6.07, 6.45) is 2.49. The molecule has 1 heterocycles. The average Bonchev–Trinajstić information content (AvgIpc) is 2.31. The Morgan fingerprint density at radius 1 is 1.40 bits per heavy atom. The van der Waals surface area contributed by atoms with Crippen molar-refractivity contribution in [3.8, 4) is 0 Å². The highest BCUT2D eigenvalue weighted by molar-refractivity contribution is 5.24. The van der Waals surface area contributed by atoms with Crippen molar-refractivity contribution < 1.29 is 4.74 Å². The molecule has 1 fully saturated rings. The van der Waals surface area contributed by atoms with Crippen LogP contribution in [0.2, 0.25) is 0 Å². The summed E-state index contributed by atoms with van der Waals surface area (Å²) < 4.78 is 5.69. The largest absolute Gasteiger partial charge is 0.375 e. The predicted molar refractivity (Wildman–Crippen MR) is 62.1 cm³/mol. The number of morpholine rings is 1. The molecule has 1 N–H and O–H groups in total. The molecule has 2 heteroatoms. The Labute approximate surface area is 91.6 Å². The number of ether oxygens (including phenoxy) is 1. The Hall–Kier alpha value is -0.860. The summed E-state index contributed by atoms with van der Waals surface area (Å²) in [5.74, 6) is 0. The Balaban J connectivity index is 1.96. The fraction of sp³-hybridized carbons (Fsp3) is 0.538. The van der Waals surface area contributed by atoms with E-state index in [9.17, 15) is 0 Å². The summed E-state index contributed by atoms with van der Waals surface area (Å²) in [5, 5.41) is 3.36. The Morgan fingerprint density at radius 2 is 2.27 bits per heavy atom. The van der Waals surface area contributed by atoms with E-state index in [-0.39, 0.29) is 0 Å². The van der Waals surface area contributed by atoms with E-state index in [0.29, 0.717) is 6.10 Å². The summed E-state index contributed by atoms with van der Waals surface area (Å²) in [6.45, 7) is 5.01. The second-order valence-electron chi connectivity index (χ2n) is 4.07. The Kier molecular flexibility index (Phi) is 3.75. The lowest BCUT2D eigenvalue weighted by Crippen LogP contribution is -2.39. The average molecular weight is 205 g/mol. The van der Waals surface area contributed by atoms with E-state index < -0.39 is 0 Å². The molecule has 15 heavy (non-hydrogen) atoms. The first-order chi connectivity index (χ1) is 7.38. The van der Waals surface area contributed by atoms with Crippen LogP contribution in [0.5, 0.6) is 0 Å². The van der Waals surface area contributed by atoms with Gasteiger partial charge in [0.1, 0.15) is 0 Å². The maximum Gasteiger partial charge on any atom is 0.0740 e. The molecular formula is C13H19NO. The smallest absolute Gasteiger partial charge is 0.0740 e. The van der Waals surface area contributed by atoms with Crippen molar-refractivity contribution in [2.45, 2.75) is 25.9 Å². The van der Waals surface area contributed by atoms with Gasteiger partial charge in [-0.2, -0.15) is 0 Å². The summed E-state index contributed by atoms with van der Waals surface area (Å²) in [4.78, 5) is 0. The lowest BCUT2D eigenvalue weighted by atomic mass is 10.0. The van der Waals surface area contributed by atoms with Gasteiger partial charge in [0.15, 0.2) is 0 Å². The monoisotopic (exact) mass is 205 g/mol. The third-order valence-corrected chi connectivity index (χ3v) is 2.87. The fourth-order valence-corrected chi connectivity index (χ4v) is 1.99. The molecule has 1 saturated heterocycles. The van der Waals surface area contributed by atoms with Crippen molar-refractivity contribution in [2.75, 3.05) is 19.7 Å². The molecule has 0 spiro atoms. The van der Waals surface area contributed by atoms with Gasteiger partial charge in [0, 0.05) is 13.1 Å². The van der Waals surface area contributed by atoms with Crippen LogP contribution in [0.25, 0.3) is 0 Å². The minimum Gasteiger partial charge on any atom is -0.375 e. The second kappa shape index (κ2) is 5.29. The number of hydrogen-bond donors (Lipinski definition) is 1.